The molecule has 1 saturated heterocycles. The van der Waals surface area contributed by atoms with E-state index >= 15 is 0 Å². The molecule has 162 valence electrons. The fourth-order valence-electron chi connectivity index (χ4n) is 4.87. The number of likely N-dealkylation sites (tertiary alicyclic amines) is 1. The number of piperidine rings is 1. The molecule has 1 aliphatic carbocycles. The number of benzene rings is 1. The normalized spacial score (nSPS) is 17.8. The Kier molecular flexibility index (Phi) is 5.40. The molecule has 0 radical (unpaired) electrons. The van der Waals surface area contributed by atoms with E-state index in [0.717, 1.165) is 56.1 Å². The van der Waals surface area contributed by atoms with Crippen molar-refractivity contribution in [3.8, 4) is 5.75 Å². The maximum Gasteiger partial charge on any atom is 0.339 e. The van der Waals surface area contributed by atoms with Crippen molar-refractivity contribution >= 4 is 17.0 Å². The summed E-state index contributed by atoms with van der Waals surface area (Å²) >= 11 is 0. The molecule has 2 fully saturated rings. The number of nitrogens with zero attached hydrogens (tertiary/aromatic N) is 3. The van der Waals surface area contributed by atoms with Gasteiger partial charge in [-0.1, -0.05) is 6.07 Å². The minimum Gasteiger partial charge on any atom is -0.496 e. The number of pyridine rings is 1. The van der Waals surface area contributed by atoms with Crippen molar-refractivity contribution in [2.45, 2.75) is 44.7 Å². The molecular weight excluding hydrogens is 390 g/mol. The zero-order valence-electron chi connectivity index (χ0n) is 18.0. The molecular formula is C25H29N3O3. The van der Waals surface area contributed by atoms with Gasteiger partial charge in [0.25, 0.3) is 0 Å². The predicted molar refractivity (Wildman–Crippen MR) is 120 cm³/mol. The molecule has 5 rings (SSSR count). The second-order valence-electron chi connectivity index (χ2n) is 8.94. The van der Waals surface area contributed by atoms with Crippen LogP contribution in [0.5, 0.6) is 5.75 Å². The summed E-state index contributed by atoms with van der Waals surface area (Å²) in [4.78, 5) is 18.6. The van der Waals surface area contributed by atoms with Crippen LogP contribution in [0.25, 0.3) is 11.0 Å². The Balaban J connectivity index is 1.28. The van der Waals surface area contributed by atoms with Crippen molar-refractivity contribution < 1.29 is 14.6 Å². The first-order valence-corrected chi connectivity index (χ1v) is 11.2. The number of hydrogen-bond donors (Lipinski definition) is 1. The molecule has 6 heteroatoms. The van der Waals surface area contributed by atoms with Crippen molar-refractivity contribution in [2.75, 3.05) is 20.2 Å². The van der Waals surface area contributed by atoms with Gasteiger partial charge in [-0.25, -0.2) is 9.78 Å². The Morgan fingerprint density at radius 1 is 1.19 bits per heavy atom. The van der Waals surface area contributed by atoms with E-state index in [1.54, 1.807) is 12.1 Å². The van der Waals surface area contributed by atoms with Crippen LogP contribution in [0.1, 0.15) is 53.1 Å². The van der Waals surface area contributed by atoms with E-state index in [2.05, 4.69) is 26.7 Å². The van der Waals surface area contributed by atoms with E-state index in [4.69, 9.17) is 4.74 Å². The number of ether oxygens (including phenoxy) is 1. The SMILES string of the molecule is COc1ccc(CN2CCC(c3cn(CC4CC4)c4ncccc34)CC2)cc1C(=O)O. The highest BCUT2D eigenvalue weighted by Gasteiger charge is 2.27. The third-order valence-corrected chi connectivity index (χ3v) is 6.74. The molecule has 0 bridgehead atoms. The molecule has 3 aromatic rings. The number of carbonyl (C=O) groups is 1. The lowest BCUT2D eigenvalue weighted by molar-refractivity contribution is 0.0693. The molecule has 6 nitrogen and oxygen atoms in total. The third kappa shape index (κ3) is 4.17. The van der Waals surface area contributed by atoms with Crippen LogP contribution in [0.3, 0.4) is 0 Å². The Bertz CT molecular complexity index is 1090. The van der Waals surface area contributed by atoms with Gasteiger partial charge in [0.1, 0.15) is 17.0 Å². The van der Waals surface area contributed by atoms with Crippen molar-refractivity contribution in [1.82, 2.24) is 14.5 Å². The summed E-state index contributed by atoms with van der Waals surface area (Å²) in [7, 11) is 1.50. The molecule has 1 saturated carbocycles. The van der Waals surface area contributed by atoms with Crippen LogP contribution in [0.15, 0.2) is 42.7 Å². The summed E-state index contributed by atoms with van der Waals surface area (Å²) in [5, 5.41) is 10.7. The van der Waals surface area contributed by atoms with Crippen LogP contribution in [0.4, 0.5) is 0 Å². The zero-order valence-corrected chi connectivity index (χ0v) is 18.0. The summed E-state index contributed by atoms with van der Waals surface area (Å²) in [6.07, 6.45) is 9.17. The summed E-state index contributed by atoms with van der Waals surface area (Å²) in [5.74, 6) is 0.834. The van der Waals surface area contributed by atoms with E-state index in [1.165, 1.54) is 30.9 Å². The monoisotopic (exact) mass is 419 g/mol. The van der Waals surface area contributed by atoms with E-state index < -0.39 is 5.97 Å². The Morgan fingerprint density at radius 3 is 2.71 bits per heavy atom. The summed E-state index contributed by atoms with van der Waals surface area (Å²) in [6, 6.07) is 9.73. The first-order chi connectivity index (χ1) is 15.1. The van der Waals surface area contributed by atoms with Crippen molar-refractivity contribution in [3.05, 3.63) is 59.4 Å². The van der Waals surface area contributed by atoms with Crippen LogP contribution in [0, 0.1) is 5.92 Å². The topological polar surface area (TPSA) is 67.6 Å². The van der Waals surface area contributed by atoms with Crippen LogP contribution < -0.4 is 4.74 Å². The molecule has 2 aromatic heterocycles. The van der Waals surface area contributed by atoms with Crippen LogP contribution in [-0.4, -0.2) is 45.7 Å². The highest BCUT2D eigenvalue weighted by molar-refractivity contribution is 5.91. The first-order valence-electron chi connectivity index (χ1n) is 11.2. The van der Waals surface area contributed by atoms with E-state index in [-0.39, 0.29) is 5.56 Å². The molecule has 1 N–H and O–H groups in total. The van der Waals surface area contributed by atoms with E-state index in [1.807, 2.05) is 18.3 Å². The van der Waals surface area contributed by atoms with Crippen molar-refractivity contribution in [1.29, 1.82) is 0 Å². The smallest absolute Gasteiger partial charge is 0.339 e. The molecule has 2 aliphatic rings. The number of carboxylic acid groups (broad SMARTS) is 1. The number of hydrogen-bond acceptors (Lipinski definition) is 4. The van der Waals surface area contributed by atoms with E-state index in [0.29, 0.717) is 11.7 Å². The standard InChI is InChI=1S/C25H29N3O3/c1-31-23-7-6-18(13-21(23)25(29)30)14-27-11-8-19(9-12-27)22-16-28(15-17-4-5-17)24-20(22)3-2-10-26-24/h2-3,6-7,10,13,16-17,19H,4-5,8-9,11-12,14-15H2,1H3,(H,29,30). The molecule has 0 spiro atoms. The fourth-order valence-corrected chi connectivity index (χ4v) is 4.87. The predicted octanol–water partition coefficient (Wildman–Crippen LogP) is 4.53. The number of carboxylic acids is 1. The molecule has 0 amide bonds. The minimum atomic E-state index is -0.950. The third-order valence-electron chi connectivity index (χ3n) is 6.74. The lowest BCUT2D eigenvalue weighted by atomic mass is 9.89. The molecule has 1 aliphatic heterocycles. The fraction of sp³-hybridized carbons (Fsp3) is 0.440. The van der Waals surface area contributed by atoms with Crippen LogP contribution >= 0.6 is 0 Å². The van der Waals surface area contributed by atoms with Gasteiger partial charge in [0.2, 0.25) is 0 Å². The highest BCUT2D eigenvalue weighted by Crippen LogP contribution is 2.37. The van der Waals surface area contributed by atoms with Gasteiger partial charge in [0.15, 0.2) is 0 Å². The quantitative estimate of drug-likeness (QED) is 0.609. The lowest BCUT2D eigenvalue weighted by Gasteiger charge is -2.32. The number of aromatic nitrogens is 2. The number of aromatic carboxylic acids is 1. The van der Waals surface area contributed by atoms with Gasteiger partial charge in [-0.2, -0.15) is 0 Å². The average molecular weight is 420 g/mol. The molecule has 0 atom stereocenters. The molecule has 1 aromatic carbocycles. The van der Waals surface area contributed by atoms with Gasteiger partial charge in [-0.3, -0.25) is 4.90 Å². The number of fused-ring (bicyclic) bond motifs is 1. The van der Waals surface area contributed by atoms with Crippen molar-refractivity contribution in [3.63, 3.8) is 0 Å². The lowest BCUT2D eigenvalue weighted by Crippen LogP contribution is -2.32. The summed E-state index contributed by atoms with van der Waals surface area (Å²) in [5.41, 5.74) is 3.82. The van der Waals surface area contributed by atoms with Crippen LogP contribution in [-0.2, 0) is 13.1 Å². The summed E-state index contributed by atoms with van der Waals surface area (Å²) < 4.78 is 7.55. The maximum absolute atomic E-state index is 11.5. The highest BCUT2D eigenvalue weighted by atomic mass is 16.5. The largest absolute Gasteiger partial charge is 0.496 e. The molecule has 3 heterocycles. The second-order valence-corrected chi connectivity index (χ2v) is 8.94. The van der Waals surface area contributed by atoms with Gasteiger partial charge >= 0.3 is 5.97 Å². The van der Waals surface area contributed by atoms with Crippen LogP contribution in [0.2, 0.25) is 0 Å². The second kappa shape index (κ2) is 8.35. The Labute approximate surface area is 182 Å². The maximum atomic E-state index is 11.5. The minimum absolute atomic E-state index is 0.228. The molecule has 31 heavy (non-hydrogen) atoms. The average Bonchev–Trinajstić information content (AvgIpc) is 3.54. The number of methoxy groups -OCH3 is 1. The van der Waals surface area contributed by atoms with Gasteiger partial charge in [-0.05, 0) is 86.0 Å². The van der Waals surface area contributed by atoms with Gasteiger partial charge in [0.05, 0.1) is 7.11 Å². The first kappa shape index (κ1) is 20.1. The van der Waals surface area contributed by atoms with E-state index in [9.17, 15) is 9.90 Å². The summed E-state index contributed by atoms with van der Waals surface area (Å²) in [6.45, 7) is 3.88. The van der Waals surface area contributed by atoms with Gasteiger partial charge < -0.3 is 14.4 Å². The Morgan fingerprint density at radius 2 is 2.00 bits per heavy atom. The zero-order chi connectivity index (χ0) is 21.4. The van der Waals surface area contributed by atoms with Crippen molar-refractivity contribution in [2.24, 2.45) is 5.92 Å². The Hall–Kier alpha value is -2.86. The van der Waals surface area contributed by atoms with Gasteiger partial charge in [0, 0.05) is 30.9 Å². The number of rotatable bonds is 7. The van der Waals surface area contributed by atoms with Gasteiger partial charge in [-0.15, -0.1) is 0 Å². The molecule has 0 unspecified atom stereocenters.